The third-order valence-corrected chi connectivity index (χ3v) is 4.04. The zero-order valence-electron chi connectivity index (χ0n) is 14.0. The Labute approximate surface area is 146 Å². The molecule has 2 aromatic rings. The van der Waals surface area contributed by atoms with Crippen molar-refractivity contribution >= 4 is 17.5 Å². The van der Waals surface area contributed by atoms with Crippen molar-refractivity contribution < 1.29 is 4.79 Å². The molecule has 1 aromatic heterocycles. The lowest BCUT2D eigenvalue weighted by molar-refractivity contribution is -0.121. The number of rotatable bonds is 7. The largest absolute Gasteiger partial charge is 0.354 e. The van der Waals surface area contributed by atoms with E-state index in [4.69, 9.17) is 11.6 Å². The number of nitrogens with zero attached hydrogens (tertiary/aromatic N) is 2. The fraction of sp³-hybridized carbons (Fsp3) is 0.389. The van der Waals surface area contributed by atoms with Gasteiger partial charge in [0.1, 0.15) is 0 Å². The van der Waals surface area contributed by atoms with Crippen molar-refractivity contribution in [3.63, 3.8) is 0 Å². The van der Waals surface area contributed by atoms with E-state index in [-0.39, 0.29) is 11.6 Å². The summed E-state index contributed by atoms with van der Waals surface area (Å²) in [5, 5.41) is 3.56. The van der Waals surface area contributed by atoms with E-state index >= 15 is 0 Å². The number of benzene rings is 1. The predicted molar refractivity (Wildman–Crippen MR) is 95.4 cm³/mol. The second kappa shape index (κ2) is 8.64. The summed E-state index contributed by atoms with van der Waals surface area (Å²) in [6.45, 7) is 4.51. The third-order valence-electron chi connectivity index (χ3n) is 3.79. The lowest BCUT2D eigenvalue weighted by atomic mass is 10.1. The molecule has 1 aromatic carbocycles. The van der Waals surface area contributed by atoms with Crippen molar-refractivity contribution in [3.05, 3.63) is 62.8 Å². The van der Waals surface area contributed by atoms with Crippen molar-refractivity contribution in [2.24, 2.45) is 0 Å². The number of amides is 1. The number of carbonyl (C=O) groups is 1. The second-order valence-corrected chi connectivity index (χ2v) is 6.24. The average molecular weight is 348 g/mol. The van der Waals surface area contributed by atoms with Crippen LogP contribution in [0.4, 0.5) is 0 Å². The van der Waals surface area contributed by atoms with Gasteiger partial charge in [0, 0.05) is 35.9 Å². The summed E-state index contributed by atoms with van der Waals surface area (Å²) in [4.78, 5) is 27.6. The predicted octanol–water partition coefficient (Wildman–Crippen LogP) is 2.65. The van der Waals surface area contributed by atoms with E-state index in [1.54, 1.807) is 11.5 Å². The Bertz CT molecular complexity index is 754. The maximum atomic E-state index is 11.9. The molecule has 1 N–H and O–H groups in total. The minimum Gasteiger partial charge on any atom is -0.354 e. The molecule has 2 rings (SSSR count). The van der Waals surface area contributed by atoms with E-state index in [1.807, 2.05) is 37.3 Å². The number of halogens is 1. The number of hydrogen-bond donors (Lipinski definition) is 1. The van der Waals surface area contributed by atoms with Crippen LogP contribution in [-0.2, 0) is 17.8 Å². The first kappa shape index (κ1) is 18.2. The number of aryl methyl sites for hydroxylation is 3. The smallest absolute Gasteiger partial charge is 0.348 e. The third kappa shape index (κ3) is 5.49. The molecule has 0 aliphatic heterocycles. The summed E-state index contributed by atoms with van der Waals surface area (Å²) >= 11 is 5.84. The van der Waals surface area contributed by atoms with Gasteiger partial charge in [-0.2, -0.15) is 4.98 Å². The molecular formula is C18H22ClN3O2. The van der Waals surface area contributed by atoms with Gasteiger partial charge in [-0.3, -0.25) is 9.36 Å². The van der Waals surface area contributed by atoms with E-state index in [0.717, 1.165) is 18.5 Å². The van der Waals surface area contributed by atoms with Crippen LogP contribution in [0, 0.1) is 13.8 Å². The Hall–Kier alpha value is -2.14. The molecule has 1 amide bonds. The van der Waals surface area contributed by atoms with Gasteiger partial charge in [-0.1, -0.05) is 23.7 Å². The highest BCUT2D eigenvalue weighted by Crippen LogP contribution is 2.11. The van der Waals surface area contributed by atoms with E-state index in [9.17, 15) is 9.59 Å². The van der Waals surface area contributed by atoms with Crippen molar-refractivity contribution in [1.29, 1.82) is 0 Å². The lowest BCUT2D eigenvalue weighted by Gasteiger charge is -2.10. The van der Waals surface area contributed by atoms with Gasteiger partial charge in [-0.05, 0) is 50.5 Å². The number of aromatic nitrogens is 2. The summed E-state index contributed by atoms with van der Waals surface area (Å²) in [6, 6.07) is 9.51. The van der Waals surface area contributed by atoms with Crippen LogP contribution < -0.4 is 11.0 Å². The molecule has 0 saturated heterocycles. The van der Waals surface area contributed by atoms with E-state index in [1.165, 1.54) is 5.56 Å². The van der Waals surface area contributed by atoms with Gasteiger partial charge in [0.25, 0.3) is 0 Å². The Kier molecular flexibility index (Phi) is 6.55. The zero-order chi connectivity index (χ0) is 17.5. The molecule has 24 heavy (non-hydrogen) atoms. The molecule has 0 aliphatic rings. The van der Waals surface area contributed by atoms with Crippen LogP contribution in [0.1, 0.15) is 29.8 Å². The summed E-state index contributed by atoms with van der Waals surface area (Å²) in [5.41, 5.74) is 2.45. The van der Waals surface area contributed by atoms with Crippen LogP contribution in [-0.4, -0.2) is 22.0 Å². The topological polar surface area (TPSA) is 64.0 Å². The van der Waals surface area contributed by atoms with Gasteiger partial charge in [-0.25, -0.2) is 4.79 Å². The first-order chi connectivity index (χ1) is 11.5. The van der Waals surface area contributed by atoms with E-state index in [2.05, 4.69) is 10.3 Å². The zero-order valence-corrected chi connectivity index (χ0v) is 14.8. The Morgan fingerprint density at radius 2 is 1.96 bits per heavy atom. The number of nitrogens with one attached hydrogen (secondary N) is 1. The average Bonchev–Trinajstić information content (AvgIpc) is 2.52. The second-order valence-electron chi connectivity index (χ2n) is 5.80. The molecule has 0 radical (unpaired) electrons. The molecular weight excluding hydrogens is 326 g/mol. The van der Waals surface area contributed by atoms with E-state index in [0.29, 0.717) is 30.2 Å². The summed E-state index contributed by atoms with van der Waals surface area (Å²) in [7, 11) is 0. The van der Waals surface area contributed by atoms with Gasteiger partial charge >= 0.3 is 5.69 Å². The molecule has 0 atom stereocenters. The SMILES string of the molecule is Cc1cc(C)n(CCNC(=O)CCCc2ccc(Cl)cc2)c(=O)n1. The fourth-order valence-corrected chi connectivity index (χ4v) is 2.67. The maximum Gasteiger partial charge on any atom is 0.348 e. The summed E-state index contributed by atoms with van der Waals surface area (Å²) in [6.07, 6.45) is 2.08. The van der Waals surface area contributed by atoms with Gasteiger partial charge in [0.2, 0.25) is 5.91 Å². The van der Waals surface area contributed by atoms with Crippen molar-refractivity contribution in [2.75, 3.05) is 6.54 Å². The van der Waals surface area contributed by atoms with Crippen molar-refractivity contribution in [1.82, 2.24) is 14.9 Å². The maximum absolute atomic E-state index is 11.9. The summed E-state index contributed by atoms with van der Waals surface area (Å²) < 4.78 is 1.57. The standard InChI is InChI=1S/C18H22ClN3O2/c1-13-12-14(2)22(18(24)21-13)11-10-20-17(23)5-3-4-15-6-8-16(19)9-7-15/h6-9,12H,3-5,10-11H2,1-2H3,(H,20,23). The van der Waals surface area contributed by atoms with Crippen LogP contribution in [0.3, 0.4) is 0 Å². The quantitative estimate of drug-likeness (QED) is 0.837. The highest BCUT2D eigenvalue weighted by atomic mass is 35.5. The van der Waals surface area contributed by atoms with Crippen molar-refractivity contribution in [3.8, 4) is 0 Å². The van der Waals surface area contributed by atoms with Crippen molar-refractivity contribution in [2.45, 2.75) is 39.7 Å². The number of hydrogen-bond acceptors (Lipinski definition) is 3. The fourth-order valence-electron chi connectivity index (χ4n) is 2.55. The van der Waals surface area contributed by atoms with Crippen LogP contribution in [0.2, 0.25) is 5.02 Å². The molecule has 1 heterocycles. The minimum atomic E-state index is -0.274. The van der Waals surface area contributed by atoms with Crippen LogP contribution in [0.15, 0.2) is 35.1 Å². The Morgan fingerprint density at radius 3 is 2.62 bits per heavy atom. The van der Waals surface area contributed by atoms with Crippen LogP contribution >= 0.6 is 11.6 Å². The van der Waals surface area contributed by atoms with Gasteiger partial charge in [0.15, 0.2) is 0 Å². The van der Waals surface area contributed by atoms with Crippen LogP contribution in [0.25, 0.3) is 0 Å². The van der Waals surface area contributed by atoms with Crippen LogP contribution in [0.5, 0.6) is 0 Å². The normalized spacial score (nSPS) is 10.6. The van der Waals surface area contributed by atoms with Gasteiger partial charge < -0.3 is 5.32 Å². The summed E-state index contributed by atoms with van der Waals surface area (Å²) in [5.74, 6) is -0.00487. The first-order valence-corrected chi connectivity index (χ1v) is 8.40. The molecule has 0 unspecified atom stereocenters. The first-order valence-electron chi connectivity index (χ1n) is 8.02. The minimum absolute atomic E-state index is 0.00487. The molecule has 0 spiro atoms. The molecule has 6 heteroatoms. The number of carbonyl (C=O) groups excluding carboxylic acids is 1. The molecule has 128 valence electrons. The highest BCUT2D eigenvalue weighted by molar-refractivity contribution is 6.30. The Balaban J connectivity index is 1.72. The van der Waals surface area contributed by atoms with Gasteiger partial charge in [-0.15, -0.1) is 0 Å². The Morgan fingerprint density at radius 1 is 1.25 bits per heavy atom. The molecule has 0 saturated carbocycles. The lowest BCUT2D eigenvalue weighted by Crippen LogP contribution is -2.33. The molecule has 5 nitrogen and oxygen atoms in total. The molecule has 0 bridgehead atoms. The van der Waals surface area contributed by atoms with E-state index < -0.39 is 0 Å². The van der Waals surface area contributed by atoms with Gasteiger partial charge in [0.05, 0.1) is 0 Å². The highest BCUT2D eigenvalue weighted by Gasteiger charge is 2.05. The monoisotopic (exact) mass is 347 g/mol. The molecule has 0 fully saturated rings. The molecule has 0 aliphatic carbocycles.